The number of anilines is 1. The number of benzene rings is 1. The van der Waals surface area contributed by atoms with E-state index < -0.39 is 46.0 Å². The first-order valence-corrected chi connectivity index (χ1v) is 9.78. The standard InChI is InChI=1S/C17H13F5N2O4S/c1-2-29(26,27)11-4-5-13-12(7-11)24(15(25)17(21,22)28-13)9-10-3-6-14(23-8-10)16(18,19)20/h3-8H,2,9H2,1H3. The summed E-state index contributed by atoms with van der Waals surface area (Å²) in [6, 6.07) is 4.72. The zero-order valence-corrected chi connectivity index (χ0v) is 15.5. The molecule has 2 aromatic rings. The van der Waals surface area contributed by atoms with Crippen molar-refractivity contribution in [3.05, 3.63) is 47.8 Å². The molecule has 1 aliphatic heterocycles. The van der Waals surface area contributed by atoms with Crippen LogP contribution in [0.3, 0.4) is 0 Å². The largest absolute Gasteiger partial charge is 0.482 e. The van der Waals surface area contributed by atoms with Crippen LogP contribution in [0.4, 0.5) is 27.6 Å². The van der Waals surface area contributed by atoms with Gasteiger partial charge in [-0.25, -0.2) is 8.42 Å². The van der Waals surface area contributed by atoms with Crippen LogP contribution in [0.2, 0.25) is 0 Å². The molecule has 1 aromatic carbocycles. The molecule has 6 nitrogen and oxygen atoms in total. The van der Waals surface area contributed by atoms with Gasteiger partial charge in [-0.2, -0.15) is 22.0 Å². The molecule has 2 heterocycles. The number of fused-ring (bicyclic) bond motifs is 1. The highest BCUT2D eigenvalue weighted by Gasteiger charge is 2.50. The van der Waals surface area contributed by atoms with Gasteiger partial charge in [0.1, 0.15) is 5.69 Å². The van der Waals surface area contributed by atoms with E-state index in [1.165, 1.54) is 6.92 Å². The minimum absolute atomic E-state index is 0.0266. The monoisotopic (exact) mass is 436 g/mol. The maximum Gasteiger partial charge on any atom is 0.482 e. The lowest BCUT2D eigenvalue weighted by Gasteiger charge is -2.33. The van der Waals surface area contributed by atoms with E-state index in [1.807, 2.05) is 0 Å². The molecule has 0 saturated heterocycles. The highest BCUT2D eigenvalue weighted by atomic mass is 32.2. The van der Waals surface area contributed by atoms with Gasteiger partial charge in [0, 0.05) is 6.20 Å². The highest BCUT2D eigenvalue weighted by Crippen LogP contribution is 2.41. The number of hydrogen-bond acceptors (Lipinski definition) is 5. The third-order valence-electron chi connectivity index (χ3n) is 4.15. The van der Waals surface area contributed by atoms with Gasteiger partial charge in [-0.3, -0.25) is 14.7 Å². The predicted octanol–water partition coefficient (Wildman–Crippen LogP) is 3.41. The second-order valence-electron chi connectivity index (χ2n) is 6.09. The number of alkyl halides is 5. The van der Waals surface area contributed by atoms with Crippen LogP contribution in [0.15, 0.2) is 41.4 Å². The molecule has 1 aromatic heterocycles. The Labute approximate surface area is 161 Å². The van der Waals surface area contributed by atoms with Crippen LogP contribution in [-0.2, 0) is 27.4 Å². The Bertz CT molecular complexity index is 1050. The summed E-state index contributed by atoms with van der Waals surface area (Å²) in [5, 5.41) is 0. The Morgan fingerprint density at radius 1 is 1.17 bits per heavy atom. The van der Waals surface area contributed by atoms with Crippen molar-refractivity contribution in [3.8, 4) is 5.75 Å². The van der Waals surface area contributed by atoms with Crippen LogP contribution in [-0.4, -0.2) is 31.2 Å². The maximum absolute atomic E-state index is 14.0. The van der Waals surface area contributed by atoms with Crippen molar-refractivity contribution in [2.45, 2.75) is 30.6 Å². The van der Waals surface area contributed by atoms with Crippen molar-refractivity contribution in [1.82, 2.24) is 4.98 Å². The van der Waals surface area contributed by atoms with Crippen LogP contribution in [0, 0.1) is 0 Å². The molecule has 0 bridgehead atoms. The van der Waals surface area contributed by atoms with Crippen molar-refractivity contribution in [1.29, 1.82) is 0 Å². The SMILES string of the molecule is CCS(=O)(=O)c1ccc2c(c1)N(Cc1ccc(C(F)(F)F)nc1)C(=O)C(F)(F)O2. The summed E-state index contributed by atoms with van der Waals surface area (Å²) in [6.07, 6.45) is -8.11. The Morgan fingerprint density at radius 3 is 2.41 bits per heavy atom. The Balaban J connectivity index is 2.03. The minimum atomic E-state index is -4.68. The Kier molecular flexibility index (Phi) is 5.01. The summed E-state index contributed by atoms with van der Waals surface area (Å²) in [7, 11) is -3.71. The van der Waals surface area contributed by atoms with E-state index in [-0.39, 0.29) is 21.9 Å². The van der Waals surface area contributed by atoms with Crippen LogP contribution >= 0.6 is 0 Å². The first-order valence-electron chi connectivity index (χ1n) is 8.13. The number of ether oxygens (including phenoxy) is 1. The topological polar surface area (TPSA) is 76.6 Å². The number of rotatable bonds is 4. The van der Waals surface area contributed by atoms with E-state index in [0.29, 0.717) is 11.0 Å². The van der Waals surface area contributed by atoms with E-state index in [1.54, 1.807) is 0 Å². The molecular formula is C17H13F5N2O4S. The molecule has 1 aliphatic rings. The molecule has 0 radical (unpaired) electrons. The first kappa shape index (κ1) is 21.0. The fourth-order valence-corrected chi connectivity index (χ4v) is 3.53. The third kappa shape index (κ3) is 4.02. The number of nitrogens with zero attached hydrogens (tertiary/aromatic N) is 2. The lowest BCUT2D eigenvalue weighted by molar-refractivity contribution is -0.193. The molecule has 12 heteroatoms. The highest BCUT2D eigenvalue weighted by molar-refractivity contribution is 7.91. The number of hydrogen-bond donors (Lipinski definition) is 0. The molecule has 0 atom stereocenters. The van der Waals surface area contributed by atoms with Crippen LogP contribution in [0.5, 0.6) is 5.75 Å². The van der Waals surface area contributed by atoms with Gasteiger partial charge in [-0.1, -0.05) is 13.0 Å². The molecule has 0 unspecified atom stereocenters. The summed E-state index contributed by atoms with van der Waals surface area (Å²) in [5.41, 5.74) is -1.40. The molecular weight excluding hydrogens is 423 g/mol. The van der Waals surface area contributed by atoms with Crippen molar-refractivity contribution in [2.24, 2.45) is 0 Å². The van der Waals surface area contributed by atoms with Gasteiger partial charge in [0.25, 0.3) is 0 Å². The van der Waals surface area contributed by atoms with E-state index in [9.17, 15) is 35.2 Å². The number of amides is 1. The average Bonchev–Trinajstić information content (AvgIpc) is 2.64. The fourth-order valence-electron chi connectivity index (χ4n) is 2.63. The molecule has 1 amide bonds. The van der Waals surface area contributed by atoms with E-state index in [2.05, 4.69) is 9.72 Å². The fraction of sp³-hybridized carbons (Fsp3) is 0.294. The van der Waals surface area contributed by atoms with Crippen molar-refractivity contribution < 1.29 is 39.9 Å². The lowest BCUT2D eigenvalue weighted by atomic mass is 10.1. The molecule has 156 valence electrons. The lowest BCUT2D eigenvalue weighted by Crippen LogP contribution is -2.50. The molecule has 0 spiro atoms. The average molecular weight is 436 g/mol. The number of carbonyl (C=O) groups is 1. The van der Waals surface area contributed by atoms with Gasteiger partial charge in [0.15, 0.2) is 15.6 Å². The quantitative estimate of drug-likeness (QED) is 0.687. The summed E-state index contributed by atoms with van der Waals surface area (Å²) in [4.78, 5) is 15.7. The number of aromatic nitrogens is 1. The summed E-state index contributed by atoms with van der Waals surface area (Å²) < 4.78 is 94.3. The second kappa shape index (κ2) is 6.94. The first-order chi connectivity index (χ1) is 13.3. The van der Waals surface area contributed by atoms with Gasteiger partial charge in [-0.05, 0) is 29.8 Å². The van der Waals surface area contributed by atoms with Gasteiger partial charge in [0.2, 0.25) is 0 Å². The maximum atomic E-state index is 14.0. The van der Waals surface area contributed by atoms with Gasteiger partial charge < -0.3 is 4.74 Å². The zero-order valence-electron chi connectivity index (χ0n) is 14.7. The zero-order chi connectivity index (χ0) is 21.6. The molecule has 29 heavy (non-hydrogen) atoms. The summed E-state index contributed by atoms with van der Waals surface area (Å²) >= 11 is 0. The van der Waals surface area contributed by atoms with Crippen LogP contribution in [0.1, 0.15) is 18.2 Å². The predicted molar refractivity (Wildman–Crippen MR) is 90.2 cm³/mol. The smallest absolute Gasteiger partial charge is 0.423 e. The Morgan fingerprint density at radius 2 is 1.86 bits per heavy atom. The summed E-state index contributed by atoms with van der Waals surface area (Å²) in [5.74, 6) is -2.49. The van der Waals surface area contributed by atoms with Crippen molar-refractivity contribution >= 4 is 21.4 Å². The van der Waals surface area contributed by atoms with Gasteiger partial charge in [0.05, 0.1) is 22.9 Å². The minimum Gasteiger partial charge on any atom is -0.423 e. The number of halogens is 5. The van der Waals surface area contributed by atoms with Crippen molar-refractivity contribution in [2.75, 3.05) is 10.7 Å². The Hall–Kier alpha value is -2.76. The molecule has 0 saturated carbocycles. The third-order valence-corrected chi connectivity index (χ3v) is 5.88. The van der Waals surface area contributed by atoms with Gasteiger partial charge in [-0.15, -0.1) is 0 Å². The molecule has 0 N–H and O–H groups in total. The van der Waals surface area contributed by atoms with Gasteiger partial charge >= 0.3 is 18.2 Å². The van der Waals surface area contributed by atoms with Crippen LogP contribution in [0.25, 0.3) is 0 Å². The number of sulfone groups is 1. The van der Waals surface area contributed by atoms with Crippen molar-refractivity contribution in [3.63, 3.8) is 0 Å². The molecule has 0 aliphatic carbocycles. The van der Waals surface area contributed by atoms with Crippen LogP contribution < -0.4 is 9.64 Å². The van der Waals surface area contributed by atoms with E-state index in [4.69, 9.17) is 0 Å². The van der Waals surface area contributed by atoms with E-state index in [0.717, 1.165) is 30.5 Å². The van der Waals surface area contributed by atoms with E-state index >= 15 is 0 Å². The normalized spacial score (nSPS) is 16.3. The molecule has 3 rings (SSSR count). The molecule has 0 fully saturated rings. The summed E-state index contributed by atoms with van der Waals surface area (Å²) in [6.45, 7) is 0.821. The number of carbonyl (C=O) groups excluding carboxylic acids is 1. The second-order valence-corrected chi connectivity index (χ2v) is 8.37. The number of pyridine rings is 1.